The Kier molecular flexibility index (Phi) is 5.38. The lowest BCUT2D eigenvalue weighted by Crippen LogP contribution is -2.50. The van der Waals surface area contributed by atoms with Crippen molar-refractivity contribution in [2.45, 2.75) is 63.6 Å². The van der Waals surface area contributed by atoms with Gasteiger partial charge in [-0.25, -0.2) is 4.79 Å². The van der Waals surface area contributed by atoms with Crippen LogP contribution in [0.4, 0.5) is 4.79 Å². The first-order valence-electron chi connectivity index (χ1n) is 10.4. The molecule has 1 aromatic heterocycles. The van der Waals surface area contributed by atoms with Gasteiger partial charge in [-0.2, -0.15) is 0 Å². The topological polar surface area (TPSA) is 92.1 Å². The highest BCUT2D eigenvalue weighted by molar-refractivity contribution is 6.09. The van der Waals surface area contributed by atoms with E-state index in [0.717, 1.165) is 36.3 Å². The van der Waals surface area contributed by atoms with E-state index in [4.69, 9.17) is 9.15 Å². The summed E-state index contributed by atoms with van der Waals surface area (Å²) in [6, 6.07) is 3.11. The summed E-state index contributed by atoms with van der Waals surface area (Å²) in [5.41, 5.74) is -0.815. The third-order valence-electron chi connectivity index (χ3n) is 6.54. The summed E-state index contributed by atoms with van der Waals surface area (Å²) in [5.74, 6) is 1.52. The number of rotatable bonds is 5. The van der Waals surface area contributed by atoms with Crippen LogP contribution in [0.3, 0.4) is 0 Å². The van der Waals surface area contributed by atoms with Gasteiger partial charge >= 0.3 is 6.03 Å². The van der Waals surface area contributed by atoms with Crippen LogP contribution in [-0.4, -0.2) is 53.4 Å². The molecule has 3 heterocycles. The second kappa shape index (κ2) is 7.82. The van der Waals surface area contributed by atoms with Gasteiger partial charge in [0, 0.05) is 13.7 Å². The monoisotopic (exact) mass is 403 g/mol. The van der Waals surface area contributed by atoms with E-state index in [0.29, 0.717) is 37.7 Å². The molecule has 8 heteroatoms. The standard InChI is InChI=1S/C21H29N3O5/c1-14-7-9-21(10-8-14)19(26)24(20(27)22-21)12-18(25)23-11-3-4-16(23)17-6-5-15(29-17)13-28-2/h5-6,14,16H,3-4,7-13H2,1-2H3,(H,22,27)/t14?,16-,21?/m1/s1. The number of imide groups is 1. The van der Waals surface area contributed by atoms with Gasteiger partial charge in [-0.05, 0) is 56.6 Å². The summed E-state index contributed by atoms with van der Waals surface area (Å²) < 4.78 is 10.9. The minimum Gasteiger partial charge on any atom is -0.461 e. The number of urea groups is 1. The van der Waals surface area contributed by atoms with E-state index in [9.17, 15) is 14.4 Å². The first-order valence-corrected chi connectivity index (χ1v) is 10.4. The van der Waals surface area contributed by atoms with Crippen LogP contribution in [0.2, 0.25) is 0 Å². The molecule has 0 unspecified atom stereocenters. The van der Waals surface area contributed by atoms with Gasteiger partial charge in [0.15, 0.2) is 0 Å². The maximum absolute atomic E-state index is 13.0. The first kappa shape index (κ1) is 19.9. The Labute approximate surface area is 170 Å². The minimum absolute atomic E-state index is 0.168. The number of furan rings is 1. The smallest absolute Gasteiger partial charge is 0.325 e. The van der Waals surface area contributed by atoms with Crippen molar-refractivity contribution in [2.75, 3.05) is 20.2 Å². The number of carbonyl (C=O) groups excluding carboxylic acids is 3. The molecule has 0 aromatic carbocycles. The van der Waals surface area contributed by atoms with E-state index in [1.807, 2.05) is 12.1 Å². The van der Waals surface area contributed by atoms with Gasteiger partial charge < -0.3 is 19.4 Å². The Morgan fingerprint density at radius 3 is 2.76 bits per heavy atom. The zero-order valence-corrected chi connectivity index (χ0v) is 17.1. The highest BCUT2D eigenvalue weighted by Gasteiger charge is 2.52. The predicted molar refractivity (Wildman–Crippen MR) is 104 cm³/mol. The van der Waals surface area contributed by atoms with E-state index < -0.39 is 11.6 Å². The van der Waals surface area contributed by atoms with Gasteiger partial charge in [0.05, 0.1) is 6.04 Å². The molecule has 1 saturated carbocycles. The van der Waals surface area contributed by atoms with Crippen LogP contribution in [0.15, 0.2) is 16.5 Å². The van der Waals surface area contributed by atoms with Crippen LogP contribution in [0, 0.1) is 5.92 Å². The van der Waals surface area contributed by atoms with Crippen LogP contribution in [0.1, 0.15) is 63.0 Å². The molecule has 0 bridgehead atoms. The quantitative estimate of drug-likeness (QED) is 0.763. The Morgan fingerprint density at radius 2 is 2.03 bits per heavy atom. The van der Waals surface area contributed by atoms with Gasteiger partial charge in [0.2, 0.25) is 5.91 Å². The zero-order chi connectivity index (χ0) is 20.6. The average Bonchev–Trinajstić information content (AvgIpc) is 3.40. The molecular weight excluding hydrogens is 374 g/mol. The van der Waals surface area contributed by atoms with Crippen molar-refractivity contribution < 1.29 is 23.5 Å². The molecule has 1 spiro atoms. The molecule has 3 aliphatic rings. The molecule has 2 saturated heterocycles. The van der Waals surface area contributed by atoms with Crippen LogP contribution in [-0.2, 0) is 20.9 Å². The van der Waals surface area contributed by atoms with E-state index in [1.165, 1.54) is 0 Å². The Hall–Kier alpha value is -2.35. The molecule has 4 rings (SSSR count). The van der Waals surface area contributed by atoms with E-state index in [-0.39, 0.29) is 24.4 Å². The maximum Gasteiger partial charge on any atom is 0.325 e. The molecule has 1 aromatic rings. The predicted octanol–water partition coefficient (Wildman–Crippen LogP) is 2.59. The molecule has 2 aliphatic heterocycles. The highest BCUT2D eigenvalue weighted by Crippen LogP contribution is 2.37. The number of hydrogen-bond acceptors (Lipinski definition) is 5. The highest BCUT2D eigenvalue weighted by atomic mass is 16.5. The fraction of sp³-hybridized carbons (Fsp3) is 0.667. The van der Waals surface area contributed by atoms with Gasteiger partial charge in [-0.1, -0.05) is 6.92 Å². The lowest BCUT2D eigenvalue weighted by atomic mass is 9.77. The van der Waals surface area contributed by atoms with Crippen LogP contribution < -0.4 is 5.32 Å². The number of amides is 4. The summed E-state index contributed by atoms with van der Waals surface area (Å²) in [6.45, 7) is 2.92. The fourth-order valence-corrected chi connectivity index (χ4v) is 4.79. The molecule has 158 valence electrons. The van der Waals surface area contributed by atoms with E-state index in [1.54, 1.807) is 12.0 Å². The van der Waals surface area contributed by atoms with Crippen molar-refractivity contribution in [3.63, 3.8) is 0 Å². The Bertz CT molecular complexity index is 796. The molecule has 29 heavy (non-hydrogen) atoms. The normalized spacial score (nSPS) is 29.7. The molecule has 4 amide bonds. The molecule has 3 fully saturated rings. The van der Waals surface area contributed by atoms with Gasteiger partial charge in [-0.3, -0.25) is 14.5 Å². The van der Waals surface area contributed by atoms with Crippen molar-refractivity contribution >= 4 is 17.8 Å². The summed E-state index contributed by atoms with van der Waals surface area (Å²) in [5, 5.41) is 2.88. The molecule has 8 nitrogen and oxygen atoms in total. The van der Waals surface area contributed by atoms with E-state index in [2.05, 4.69) is 12.2 Å². The second-order valence-corrected chi connectivity index (χ2v) is 8.57. The Balaban J connectivity index is 1.44. The van der Waals surface area contributed by atoms with Crippen molar-refractivity contribution in [1.82, 2.24) is 15.1 Å². The van der Waals surface area contributed by atoms with Crippen LogP contribution in [0.5, 0.6) is 0 Å². The van der Waals surface area contributed by atoms with Crippen LogP contribution >= 0.6 is 0 Å². The third-order valence-corrected chi connectivity index (χ3v) is 6.54. The lowest BCUT2D eigenvalue weighted by molar-refractivity contribution is -0.140. The summed E-state index contributed by atoms with van der Waals surface area (Å²) >= 11 is 0. The van der Waals surface area contributed by atoms with Gasteiger partial charge in [-0.15, -0.1) is 0 Å². The maximum atomic E-state index is 13.0. The fourth-order valence-electron chi connectivity index (χ4n) is 4.79. The lowest BCUT2D eigenvalue weighted by Gasteiger charge is -2.33. The Morgan fingerprint density at radius 1 is 1.28 bits per heavy atom. The van der Waals surface area contributed by atoms with E-state index >= 15 is 0 Å². The minimum atomic E-state index is -0.815. The number of methoxy groups -OCH3 is 1. The number of ether oxygens (including phenoxy) is 1. The SMILES string of the molecule is COCc1ccc([C@H]2CCCN2C(=O)CN2C(=O)NC3(CCC(C)CC3)C2=O)o1. The van der Waals surface area contributed by atoms with Crippen molar-refractivity contribution in [3.05, 3.63) is 23.7 Å². The average molecular weight is 403 g/mol. The van der Waals surface area contributed by atoms with Crippen molar-refractivity contribution in [1.29, 1.82) is 0 Å². The first-order chi connectivity index (χ1) is 13.9. The number of nitrogens with zero attached hydrogens (tertiary/aromatic N) is 2. The van der Waals surface area contributed by atoms with Gasteiger partial charge in [0.25, 0.3) is 5.91 Å². The number of carbonyl (C=O) groups is 3. The summed E-state index contributed by atoms with van der Waals surface area (Å²) in [7, 11) is 1.60. The molecule has 1 atom stereocenters. The largest absolute Gasteiger partial charge is 0.461 e. The molecule has 0 radical (unpaired) electrons. The molecular formula is C21H29N3O5. The summed E-state index contributed by atoms with van der Waals surface area (Å²) in [4.78, 5) is 41.4. The molecule has 1 aliphatic carbocycles. The number of hydrogen-bond donors (Lipinski definition) is 1. The zero-order valence-electron chi connectivity index (χ0n) is 17.1. The molecule has 1 N–H and O–H groups in total. The van der Waals surface area contributed by atoms with Crippen molar-refractivity contribution in [2.24, 2.45) is 5.92 Å². The number of likely N-dealkylation sites (tertiary alicyclic amines) is 1. The number of nitrogens with one attached hydrogen (secondary N) is 1. The summed E-state index contributed by atoms with van der Waals surface area (Å²) in [6.07, 6.45) is 4.76. The van der Waals surface area contributed by atoms with Crippen molar-refractivity contribution in [3.8, 4) is 0 Å². The van der Waals surface area contributed by atoms with Gasteiger partial charge in [0.1, 0.15) is 30.2 Å². The second-order valence-electron chi connectivity index (χ2n) is 8.57. The third kappa shape index (κ3) is 3.66. The van der Waals surface area contributed by atoms with Crippen LogP contribution in [0.25, 0.3) is 0 Å².